The Balaban J connectivity index is 3.16. The van der Waals surface area contributed by atoms with Crippen molar-refractivity contribution in [2.75, 3.05) is 6.61 Å². The standard InChI is InChI=1S/C17H30O2/c1-3-4-5-6-7-8-9-10-11-12-13-14-15-16-19-17(2)18/h6-7,12-13H,3-5,8-11,14-16H2,1-2H3/b7-6+,13-12+. The van der Waals surface area contributed by atoms with Crippen LogP contribution >= 0.6 is 0 Å². The van der Waals surface area contributed by atoms with Gasteiger partial charge >= 0.3 is 5.97 Å². The molecule has 0 rings (SSSR count). The molecular formula is C17H30O2. The second-order valence-corrected chi connectivity index (χ2v) is 4.85. The van der Waals surface area contributed by atoms with Crippen LogP contribution in [0.15, 0.2) is 24.3 Å². The molecule has 2 heteroatoms. The highest BCUT2D eigenvalue weighted by atomic mass is 16.5. The zero-order valence-corrected chi connectivity index (χ0v) is 12.7. The first kappa shape index (κ1) is 17.9. The van der Waals surface area contributed by atoms with E-state index >= 15 is 0 Å². The number of unbranched alkanes of at least 4 members (excludes halogenated alkanes) is 6. The average molecular weight is 266 g/mol. The predicted octanol–water partition coefficient (Wildman–Crippen LogP) is 5.19. The highest BCUT2D eigenvalue weighted by Gasteiger charge is 1.90. The summed E-state index contributed by atoms with van der Waals surface area (Å²) in [6, 6.07) is 0. The molecule has 19 heavy (non-hydrogen) atoms. The quantitative estimate of drug-likeness (QED) is 0.276. The van der Waals surface area contributed by atoms with E-state index in [9.17, 15) is 4.79 Å². The van der Waals surface area contributed by atoms with Crippen molar-refractivity contribution in [3.8, 4) is 0 Å². The average Bonchev–Trinajstić information content (AvgIpc) is 2.39. The van der Waals surface area contributed by atoms with Crippen molar-refractivity contribution in [1.82, 2.24) is 0 Å². The Labute approximate surface area is 118 Å². The van der Waals surface area contributed by atoms with Gasteiger partial charge in [0.25, 0.3) is 0 Å². The van der Waals surface area contributed by atoms with Gasteiger partial charge < -0.3 is 4.74 Å². The van der Waals surface area contributed by atoms with Crippen LogP contribution in [0.3, 0.4) is 0 Å². The fourth-order valence-electron chi connectivity index (χ4n) is 1.73. The van der Waals surface area contributed by atoms with Gasteiger partial charge in [0.15, 0.2) is 0 Å². The third-order valence-electron chi connectivity index (χ3n) is 2.87. The Hall–Kier alpha value is -1.05. The predicted molar refractivity (Wildman–Crippen MR) is 82.1 cm³/mol. The van der Waals surface area contributed by atoms with Crippen molar-refractivity contribution in [2.45, 2.75) is 71.6 Å². The summed E-state index contributed by atoms with van der Waals surface area (Å²) in [5.41, 5.74) is 0. The molecule has 0 atom stereocenters. The van der Waals surface area contributed by atoms with Crippen molar-refractivity contribution < 1.29 is 9.53 Å². The molecular weight excluding hydrogens is 236 g/mol. The van der Waals surface area contributed by atoms with Crippen molar-refractivity contribution in [3.63, 3.8) is 0 Å². The SMILES string of the molecule is CCCC/C=C/CCCC/C=C/CCCOC(C)=O. The smallest absolute Gasteiger partial charge is 0.302 e. The first-order chi connectivity index (χ1) is 9.27. The van der Waals surface area contributed by atoms with Gasteiger partial charge in [-0.05, 0) is 44.9 Å². The molecule has 0 saturated heterocycles. The van der Waals surface area contributed by atoms with Crippen LogP contribution in [-0.2, 0) is 9.53 Å². The monoisotopic (exact) mass is 266 g/mol. The van der Waals surface area contributed by atoms with Gasteiger partial charge in [0.1, 0.15) is 0 Å². The van der Waals surface area contributed by atoms with Crippen LogP contribution < -0.4 is 0 Å². The molecule has 0 aliphatic carbocycles. The molecule has 0 aliphatic heterocycles. The molecule has 2 nitrogen and oxygen atoms in total. The minimum absolute atomic E-state index is 0.184. The van der Waals surface area contributed by atoms with Crippen molar-refractivity contribution in [1.29, 1.82) is 0 Å². The lowest BCUT2D eigenvalue weighted by molar-refractivity contribution is -0.141. The largest absolute Gasteiger partial charge is 0.466 e. The Bertz CT molecular complexity index is 254. The van der Waals surface area contributed by atoms with Gasteiger partial charge in [0.2, 0.25) is 0 Å². The van der Waals surface area contributed by atoms with Crippen LogP contribution in [0, 0.1) is 0 Å². The topological polar surface area (TPSA) is 26.3 Å². The summed E-state index contributed by atoms with van der Waals surface area (Å²) >= 11 is 0. The third-order valence-corrected chi connectivity index (χ3v) is 2.87. The Morgan fingerprint density at radius 2 is 1.32 bits per heavy atom. The van der Waals surface area contributed by atoms with E-state index < -0.39 is 0 Å². The van der Waals surface area contributed by atoms with Crippen LogP contribution in [0.5, 0.6) is 0 Å². The minimum atomic E-state index is -0.184. The molecule has 110 valence electrons. The number of ether oxygens (including phenoxy) is 1. The summed E-state index contributed by atoms with van der Waals surface area (Å²) in [6.07, 6.45) is 19.7. The van der Waals surface area contributed by atoms with Crippen LogP contribution in [0.25, 0.3) is 0 Å². The van der Waals surface area contributed by atoms with Gasteiger partial charge in [0, 0.05) is 6.92 Å². The molecule has 0 unspecified atom stereocenters. The molecule has 0 aliphatic rings. The first-order valence-electron chi connectivity index (χ1n) is 7.70. The Morgan fingerprint density at radius 1 is 0.842 bits per heavy atom. The second-order valence-electron chi connectivity index (χ2n) is 4.85. The summed E-state index contributed by atoms with van der Waals surface area (Å²) < 4.78 is 4.86. The van der Waals surface area contributed by atoms with Gasteiger partial charge in [-0.3, -0.25) is 4.79 Å². The van der Waals surface area contributed by atoms with E-state index in [1.54, 1.807) is 0 Å². The molecule has 0 spiro atoms. The molecule has 0 heterocycles. The van der Waals surface area contributed by atoms with Crippen LogP contribution in [-0.4, -0.2) is 12.6 Å². The Morgan fingerprint density at radius 3 is 1.79 bits per heavy atom. The normalized spacial score (nSPS) is 11.5. The molecule has 0 fully saturated rings. The van der Waals surface area contributed by atoms with E-state index in [2.05, 4.69) is 31.2 Å². The first-order valence-corrected chi connectivity index (χ1v) is 7.70. The van der Waals surface area contributed by atoms with Gasteiger partial charge in [-0.2, -0.15) is 0 Å². The van der Waals surface area contributed by atoms with Gasteiger partial charge in [0.05, 0.1) is 6.61 Å². The molecule has 0 saturated carbocycles. The van der Waals surface area contributed by atoms with Crippen LogP contribution in [0.1, 0.15) is 71.6 Å². The van der Waals surface area contributed by atoms with E-state index in [1.165, 1.54) is 45.4 Å². The second kappa shape index (κ2) is 15.0. The van der Waals surface area contributed by atoms with Gasteiger partial charge in [-0.1, -0.05) is 44.1 Å². The molecule has 0 aromatic carbocycles. The maximum absolute atomic E-state index is 10.5. The van der Waals surface area contributed by atoms with E-state index in [1.807, 2.05) is 0 Å². The number of carbonyl (C=O) groups is 1. The van der Waals surface area contributed by atoms with Gasteiger partial charge in [-0.15, -0.1) is 0 Å². The third kappa shape index (κ3) is 16.9. The maximum Gasteiger partial charge on any atom is 0.302 e. The summed E-state index contributed by atoms with van der Waals surface area (Å²) in [4.78, 5) is 10.5. The van der Waals surface area contributed by atoms with Crippen molar-refractivity contribution >= 4 is 5.97 Å². The van der Waals surface area contributed by atoms with Gasteiger partial charge in [-0.25, -0.2) is 0 Å². The lowest BCUT2D eigenvalue weighted by Crippen LogP contribution is -1.99. The van der Waals surface area contributed by atoms with Crippen molar-refractivity contribution in [3.05, 3.63) is 24.3 Å². The zero-order chi connectivity index (χ0) is 14.2. The highest BCUT2D eigenvalue weighted by molar-refractivity contribution is 5.65. The molecule has 0 amide bonds. The van der Waals surface area contributed by atoms with E-state index in [0.29, 0.717) is 6.61 Å². The number of rotatable bonds is 12. The zero-order valence-electron chi connectivity index (χ0n) is 12.7. The maximum atomic E-state index is 10.5. The number of hydrogen-bond acceptors (Lipinski definition) is 2. The number of hydrogen-bond donors (Lipinski definition) is 0. The lowest BCUT2D eigenvalue weighted by Gasteiger charge is -1.98. The number of allylic oxidation sites excluding steroid dienone is 4. The van der Waals surface area contributed by atoms with Crippen LogP contribution in [0.2, 0.25) is 0 Å². The summed E-state index contributed by atoms with van der Waals surface area (Å²) in [6.45, 7) is 4.22. The van der Waals surface area contributed by atoms with Crippen LogP contribution in [0.4, 0.5) is 0 Å². The van der Waals surface area contributed by atoms with E-state index in [4.69, 9.17) is 4.74 Å². The molecule has 0 aromatic heterocycles. The molecule has 0 bridgehead atoms. The fraction of sp³-hybridized carbons (Fsp3) is 0.706. The summed E-state index contributed by atoms with van der Waals surface area (Å²) in [5.74, 6) is -0.184. The fourth-order valence-corrected chi connectivity index (χ4v) is 1.73. The Kier molecular flexibility index (Phi) is 14.2. The highest BCUT2D eigenvalue weighted by Crippen LogP contribution is 2.04. The number of carbonyl (C=O) groups excluding carboxylic acids is 1. The van der Waals surface area contributed by atoms with E-state index in [-0.39, 0.29) is 5.97 Å². The molecule has 0 aromatic rings. The van der Waals surface area contributed by atoms with Crippen molar-refractivity contribution in [2.24, 2.45) is 0 Å². The summed E-state index contributed by atoms with van der Waals surface area (Å²) in [5, 5.41) is 0. The lowest BCUT2D eigenvalue weighted by atomic mass is 10.1. The number of esters is 1. The van der Waals surface area contributed by atoms with E-state index in [0.717, 1.165) is 19.3 Å². The minimum Gasteiger partial charge on any atom is -0.466 e. The molecule has 0 N–H and O–H groups in total. The summed E-state index contributed by atoms with van der Waals surface area (Å²) in [7, 11) is 0. The molecule has 0 radical (unpaired) electrons.